The summed E-state index contributed by atoms with van der Waals surface area (Å²) in [5, 5.41) is 18.9. The van der Waals surface area contributed by atoms with E-state index in [1.807, 2.05) is 18.2 Å². The number of anilines is 1. The third-order valence-electron chi connectivity index (χ3n) is 4.49. The highest BCUT2D eigenvalue weighted by Crippen LogP contribution is 2.28. The van der Waals surface area contributed by atoms with Crippen LogP contribution < -0.4 is 4.90 Å². The van der Waals surface area contributed by atoms with Crippen LogP contribution in [0.1, 0.15) is 37.7 Å². The summed E-state index contributed by atoms with van der Waals surface area (Å²) in [7, 11) is 0. The van der Waals surface area contributed by atoms with Gasteiger partial charge in [-0.15, -0.1) is 0 Å². The molecule has 0 radical (unpaired) electrons. The quantitative estimate of drug-likeness (QED) is 0.655. The average Bonchev–Trinajstić information content (AvgIpc) is 2.65. The molecule has 130 valence electrons. The fourth-order valence-electron chi connectivity index (χ4n) is 3.21. The van der Waals surface area contributed by atoms with Gasteiger partial charge in [0, 0.05) is 18.3 Å². The van der Waals surface area contributed by atoms with Crippen molar-refractivity contribution < 1.29 is 15.0 Å². The summed E-state index contributed by atoms with van der Waals surface area (Å²) in [6, 6.07) is 10.2. The van der Waals surface area contributed by atoms with E-state index in [1.165, 1.54) is 24.6 Å². The predicted octanol–water partition coefficient (Wildman–Crippen LogP) is 3.87. The van der Waals surface area contributed by atoms with Gasteiger partial charge in [-0.3, -0.25) is 9.69 Å². The molecule has 2 aromatic rings. The lowest BCUT2D eigenvalue weighted by Gasteiger charge is -2.32. The average molecular weight is 338 g/mol. The Kier molecular flexibility index (Phi) is 5.33. The molecule has 5 heteroatoms. The number of hydrogen-bond donors (Lipinski definition) is 2. The Labute approximate surface area is 147 Å². The van der Waals surface area contributed by atoms with Crippen LogP contribution in [0.2, 0.25) is 0 Å². The van der Waals surface area contributed by atoms with Gasteiger partial charge >= 0.3 is 0 Å². The monoisotopic (exact) mass is 338 g/mol. The summed E-state index contributed by atoms with van der Waals surface area (Å²) >= 11 is 0. The number of carbonyl (C=O) groups is 1. The number of aromatic hydroxyl groups is 2. The molecule has 0 spiro atoms. The van der Waals surface area contributed by atoms with E-state index in [1.54, 1.807) is 23.2 Å². The molecule has 0 atom stereocenters. The molecule has 5 nitrogen and oxygen atoms in total. The Morgan fingerprint density at radius 1 is 1.08 bits per heavy atom. The molecule has 1 aromatic carbocycles. The minimum atomic E-state index is -0.205. The lowest BCUT2D eigenvalue weighted by Crippen LogP contribution is -2.41. The number of aromatic nitrogens is 1. The second-order valence-corrected chi connectivity index (χ2v) is 6.27. The molecular weight excluding hydrogens is 316 g/mol. The van der Waals surface area contributed by atoms with Crippen LogP contribution >= 0.6 is 0 Å². The van der Waals surface area contributed by atoms with E-state index in [2.05, 4.69) is 4.98 Å². The molecule has 3 rings (SSSR count). The van der Waals surface area contributed by atoms with E-state index in [0.717, 1.165) is 25.7 Å². The zero-order valence-corrected chi connectivity index (χ0v) is 14.0. The van der Waals surface area contributed by atoms with Crippen molar-refractivity contribution in [2.45, 2.75) is 38.1 Å². The minimum Gasteiger partial charge on any atom is -0.504 e. The topological polar surface area (TPSA) is 73.7 Å². The highest BCUT2D eigenvalue weighted by molar-refractivity contribution is 6.03. The molecule has 1 fully saturated rings. The predicted molar refractivity (Wildman–Crippen MR) is 97.4 cm³/mol. The normalized spacial score (nSPS) is 15.4. The van der Waals surface area contributed by atoms with E-state index < -0.39 is 0 Å². The molecule has 0 aliphatic heterocycles. The summed E-state index contributed by atoms with van der Waals surface area (Å²) < 4.78 is 0. The van der Waals surface area contributed by atoms with Gasteiger partial charge in [-0.1, -0.05) is 31.4 Å². The molecule has 1 heterocycles. The van der Waals surface area contributed by atoms with Gasteiger partial charge in [0.25, 0.3) is 5.91 Å². The molecule has 0 unspecified atom stereocenters. The van der Waals surface area contributed by atoms with E-state index in [4.69, 9.17) is 0 Å². The Morgan fingerprint density at radius 3 is 2.56 bits per heavy atom. The zero-order chi connectivity index (χ0) is 17.6. The van der Waals surface area contributed by atoms with Crippen LogP contribution in [0.4, 0.5) is 5.82 Å². The molecule has 1 amide bonds. The number of benzene rings is 1. The summed E-state index contributed by atoms with van der Waals surface area (Å²) in [6.45, 7) is 0. The molecule has 1 aliphatic rings. The molecule has 1 aromatic heterocycles. The number of amides is 1. The third kappa shape index (κ3) is 4.18. The number of phenolic OH excluding ortho intramolecular Hbond substituents is 2. The third-order valence-corrected chi connectivity index (χ3v) is 4.49. The van der Waals surface area contributed by atoms with Crippen LogP contribution in [0.5, 0.6) is 11.5 Å². The Morgan fingerprint density at radius 2 is 1.88 bits per heavy atom. The molecular formula is C20H22N2O3. The van der Waals surface area contributed by atoms with Gasteiger partial charge in [0.1, 0.15) is 5.82 Å². The van der Waals surface area contributed by atoms with Crippen LogP contribution in [0.25, 0.3) is 6.08 Å². The smallest absolute Gasteiger partial charge is 0.252 e. The highest BCUT2D eigenvalue weighted by atomic mass is 16.3. The number of pyridine rings is 1. The van der Waals surface area contributed by atoms with Crippen molar-refractivity contribution in [3.63, 3.8) is 0 Å². The van der Waals surface area contributed by atoms with Crippen molar-refractivity contribution in [1.29, 1.82) is 0 Å². The zero-order valence-electron chi connectivity index (χ0n) is 14.0. The maximum atomic E-state index is 12.9. The van der Waals surface area contributed by atoms with Crippen LogP contribution in [-0.2, 0) is 4.79 Å². The number of hydrogen-bond acceptors (Lipinski definition) is 4. The molecule has 1 aliphatic carbocycles. The number of phenols is 2. The summed E-state index contributed by atoms with van der Waals surface area (Å²) in [5.74, 6) is 0.153. The molecule has 2 N–H and O–H groups in total. The van der Waals surface area contributed by atoms with Crippen molar-refractivity contribution in [2.75, 3.05) is 4.90 Å². The highest BCUT2D eigenvalue weighted by Gasteiger charge is 2.26. The summed E-state index contributed by atoms with van der Waals surface area (Å²) in [4.78, 5) is 19.0. The lowest BCUT2D eigenvalue weighted by atomic mass is 9.94. The van der Waals surface area contributed by atoms with Crippen LogP contribution in [0.3, 0.4) is 0 Å². The molecule has 0 saturated heterocycles. The fraction of sp³-hybridized carbons (Fsp3) is 0.300. The van der Waals surface area contributed by atoms with Gasteiger partial charge in [0.05, 0.1) is 0 Å². The minimum absolute atomic E-state index is 0.127. The number of rotatable bonds is 4. The van der Waals surface area contributed by atoms with E-state index in [9.17, 15) is 15.0 Å². The Hall–Kier alpha value is -2.82. The first kappa shape index (κ1) is 17.0. The summed E-state index contributed by atoms with van der Waals surface area (Å²) in [6.07, 6.45) is 10.2. The van der Waals surface area contributed by atoms with Crippen molar-refractivity contribution in [3.05, 3.63) is 54.2 Å². The maximum absolute atomic E-state index is 12.9. The SMILES string of the molecule is O=C(/C=C/c1ccc(O)c(O)c1)N(c1ccccn1)C1CCCCC1. The van der Waals surface area contributed by atoms with Gasteiger partial charge in [-0.25, -0.2) is 4.98 Å². The van der Waals surface area contributed by atoms with Crippen molar-refractivity contribution in [2.24, 2.45) is 0 Å². The largest absolute Gasteiger partial charge is 0.504 e. The standard InChI is InChI=1S/C20H22N2O3/c23-17-11-9-15(14-18(17)24)10-12-20(25)22(16-6-2-1-3-7-16)19-8-4-5-13-21-19/h4-5,8-14,16,23-24H,1-3,6-7H2/b12-10+. The lowest BCUT2D eigenvalue weighted by molar-refractivity contribution is -0.114. The molecule has 1 saturated carbocycles. The van der Waals surface area contributed by atoms with E-state index >= 15 is 0 Å². The van der Waals surface area contributed by atoms with E-state index in [0.29, 0.717) is 11.4 Å². The first-order valence-corrected chi connectivity index (χ1v) is 8.59. The van der Waals surface area contributed by atoms with Gasteiger partial charge in [-0.2, -0.15) is 0 Å². The maximum Gasteiger partial charge on any atom is 0.252 e. The Balaban J connectivity index is 1.83. The van der Waals surface area contributed by atoms with Gasteiger partial charge in [-0.05, 0) is 48.7 Å². The molecule has 0 bridgehead atoms. The fourth-order valence-corrected chi connectivity index (χ4v) is 3.21. The number of nitrogens with zero attached hydrogens (tertiary/aromatic N) is 2. The van der Waals surface area contributed by atoms with Gasteiger partial charge in [0.15, 0.2) is 11.5 Å². The molecule has 25 heavy (non-hydrogen) atoms. The van der Waals surface area contributed by atoms with Crippen molar-refractivity contribution >= 4 is 17.8 Å². The van der Waals surface area contributed by atoms with Crippen molar-refractivity contribution in [1.82, 2.24) is 4.98 Å². The van der Waals surface area contributed by atoms with E-state index in [-0.39, 0.29) is 23.4 Å². The Bertz CT molecular complexity index is 753. The van der Waals surface area contributed by atoms with Crippen molar-refractivity contribution in [3.8, 4) is 11.5 Å². The number of carbonyl (C=O) groups excluding carboxylic acids is 1. The van der Waals surface area contributed by atoms with Crippen LogP contribution in [0, 0.1) is 0 Å². The second kappa shape index (κ2) is 7.83. The first-order valence-electron chi connectivity index (χ1n) is 8.59. The van der Waals surface area contributed by atoms with Crippen LogP contribution in [0.15, 0.2) is 48.7 Å². The van der Waals surface area contributed by atoms with Gasteiger partial charge in [0.2, 0.25) is 0 Å². The summed E-state index contributed by atoms with van der Waals surface area (Å²) in [5.41, 5.74) is 0.647. The van der Waals surface area contributed by atoms with Gasteiger partial charge < -0.3 is 10.2 Å². The van der Waals surface area contributed by atoms with Crippen LogP contribution in [-0.4, -0.2) is 27.1 Å². The first-order chi connectivity index (χ1) is 12.1. The second-order valence-electron chi connectivity index (χ2n) is 6.27.